The molecule has 0 spiro atoms. The SMILES string of the molecule is COC(=O)CSc1nc2sc3c(c2c(=O)n1-c1ccccc1C)CCCC3. The number of carbonyl (C=O) groups excluding carboxylic acids is 1. The zero-order chi connectivity index (χ0) is 19.0. The fraction of sp³-hybridized carbons (Fsp3) is 0.350. The topological polar surface area (TPSA) is 61.2 Å². The van der Waals surface area contributed by atoms with E-state index < -0.39 is 0 Å². The Kier molecular flexibility index (Phi) is 5.06. The van der Waals surface area contributed by atoms with E-state index in [1.165, 1.54) is 29.3 Å². The van der Waals surface area contributed by atoms with E-state index in [0.717, 1.165) is 47.2 Å². The Balaban J connectivity index is 1.96. The van der Waals surface area contributed by atoms with Gasteiger partial charge in [0, 0.05) is 4.88 Å². The molecule has 4 rings (SSSR count). The van der Waals surface area contributed by atoms with E-state index in [2.05, 4.69) is 0 Å². The Bertz CT molecular complexity index is 1080. The summed E-state index contributed by atoms with van der Waals surface area (Å²) in [5.74, 6) is -0.220. The van der Waals surface area contributed by atoms with Gasteiger partial charge in [-0.2, -0.15) is 0 Å². The standard InChI is InChI=1S/C20H20N2O3S2/c1-12-7-3-5-9-14(12)22-19(24)17-13-8-4-6-10-15(13)27-18(17)21-20(22)26-11-16(23)25-2/h3,5,7,9H,4,6,8,10-11H2,1-2H3. The van der Waals surface area contributed by atoms with Crippen molar-refractivity contribution in [1.82, 2.24) is 9.55 Å². The number of aromatic nitrogens is 2. The molecule has 2 aromatic heterocycles. The number of ether oxygens (including phenoxy) is 1. The summed E-state index contributed by atoms with van der Waals surface area (Å²) >= 11 is 2.86. The Morgan fingerprint density at radius 1 is 1.30 bits per heavy atom. The molecular formula is C20H20N2O3S2. The van der Waals surface area contributed by atoms with Crippen LogP contribution >= 0.6 is 23.1 Å². The summed E-state index contributed by atoms with van der Waals surface area (Å²) in [4.78, 5) is 32.1. The summed E-state index contributed by atoms with van der Waals surface area (Å²) < 4.78 is 6.41. The number of carbonyl (C=O) groups is 1. The maximum absolute atomic E-state index is 13.5. The molecule has 0 fully saturated rings. The average molecular weight is 401 g/mol. The third-order valence-corrected chi connectivity index (χ3v) is 6.96. The van der Waals surface area contributed by atoms with Gasteiger partial charge in [-0.05, 0) is 49.8 Å². The van der Waals surface area contributed by atoms with Gasteiger partial charge in [-0.3, -0.25) is 14.2 Å². The van der Waals surface area contributed by atoms with Crippen molar-refractivity contribution in [2.75, 3.05) is 12.9 Å². The molecule has 1 aliphatic rings. The highest BCUT2D eigenvalue weighted by atomic mass is 32.2. The van der Waals surface area contributed by atoms with E-state index in [1.807, 2.05) is 31.2 Å². The number of hydrogen-bond acceptors (Lipinski definition) is 6. The predicted octanol–water partition coefficient (Wildman–Crippen LogP) is 3.90. The highest BCUT2D eigenvalue weighted by molar-refractivity contribution is 7.99. The lowest BCUT2D eigenvalue weighted by atomic mass is 9.97. The minimum Gasteiger partial charge on any atom is -0.468 e. The van der Waals surface area contributed by atoms with Crippen LogP contribution in [0, 0.1) is 6.92 Å². The van der Waals surface area contributed by atoms with Gasteiger partial charge in [0.25, 0.3) is 5.56 Å². The zero-order valence-corrected chi connectivity index (χ0v) is 16.9. The van der Waals surface area contributed by atoms with Gasteiger partial charge in [-0.25, -0.2) is 4.98 Å². The summed E-state index contributed by atoms with van der Waals surface area (Å²) in [6.45, 7) is 1.98. The van der Waals surface area contributed by atoms with Crippen LogP contribution in [0.2, 0.25) is 0 Å². The van der Waals surface area contributed by atoms with E-state index in [4.69, 9.17) is 9.72 Å². The highest BCUT2D eigenvalue weighted by Crippen LogP contribution is 2.35. The summed E-state index contributed by atoms with van der Waals surface area (Å²) in [5, 5.41) is 1.28. The van der Waals surface area contributed by atoms with Gasteiger partial charge < -0.3 is 4.74 Å². The van der Waals surface area contributed by atoms with Gasteiger partial charge in [0.05, 0.1) is 23.9 Å². The third kappa shape index (κ3) is 3.30. The quantitative estimate of drug-likeness (QED) is 0.378. The third-order valence-electron chi connectivity index (χ3n) is 4.86. The van der Waals surface area contributed by atoms with E-state index in [0.29, 0.717) is 5.16 Å². The van der Waals surface area contributed by atoms with Crippen molar-refractivity contribution >= 4 is 39.3 Å². The normalized spacial score (nSPS) is 13.6. The van der Waals surface area contributed by atoms with Crippen molar-refractivity contribution in [2.45, 2.75) is 37.8 Å². The molecule has 27 heavy (non-hydrogen) atoms. The van der Waals surface area contributed by atoms with E-state index in [1.54, 1.807) is 15.9 Å². The molecule has 0 unspecified atom stereocenters. The lowest BCUT2D eigenvalue weighted by Crippen LogP contribution is -2.23. The van der Waals surface area contributed by atoms with Crippen molar-refractivity contribution < 1.29 is 9.53 Å². The summed E-state index contributed by atoms with van der Waals surface area (Å²) in [5.41, 5.74) is 2.93. The second-order valence-electron chi connectivity index (χ2n) is 6.58. The molecule has 0 bridgehead atoms. The first kappa shape index (κ1) is 18.3. The second kappa shape index (κ2) is 7.48. The minimum atomic E-state index is -0.337. The average Bonchev–Trinajstić information content (AvgIpc) is 3.05. The largest absolute Gasteiger partial charge is 0.468 e. The van der Waals surface area contributed by atoms with Crippen molar-refractivity contribution in [3.05, 3.63) is 50.6 Å². The second-order valence-corrected chi connectivity index (χ2v) is 8.60. The molecule has 1 aromatic carbocycles. The van der Waals surface area contributed by atoms with Crippen LogP contribution in [0.4, 0.5) is 0 Å². The maximum atomic E-state index is 13.5. The van der Waals surface area contributed by atoms with Crippen LogP contribution in [-0.4, -0.2) is 28.4 Å². The molecule has 0 amide bonds. The molecule has 5 nitrogen and oxygen atoms in total. The molecule has 3 aromatic rings. The summed E-state index contributed by atoms with van der Waals surface area (Å²) in [6.07, 6.45) is 4.23. The van der Waals surface area contributed by atoms with Gasteiger partial charge in [-0.1, -0.05) is 30.0 Å². The maximum Gasteiger partial charge on any atom is 0.316 e. The van der Waals surface area contributed by atoms with Gasteiger partial charge in [0.15, 0.2) is 5.16 Å². The van der Waals surface area contributed by atoms with E-state index >= 15 is 0 Å². The molecular weight excluding hydrogens is 380 g/mol. The number of rotatable bonds is 4. The number of hydrogen-bond donors (Lipinski definition) is 0. The lowest BCUT2D eigenvalue weighted by molar-refractivity contribution is -0.137. The summed E-state index contributed by atoms with van der Waals surface area (Å²) in [7, 11) is 1.36. The first-order valence-corrected chi connectivity index (χ1v) is 10.7. The summed E-state index contributed by atoms with van der Waals surface area (Å²) in [6, 6.07) is 7.76. The van der Waals surface area contributed by atoms with E-state index in [-0.39, 0.29) is 17.3 Å². The van der Waals surface area contributed by atoms with Crippen LogP contribution in [0.1, 0.15) is 28.8 Å². The van der Waals surface area contributed by atoms with Crippen LogP contribution in [-0.2, 0) is 22.4 Å². The van der Waals surface area contributed by atoms with Crippen molar-refractivity contribution in [2.24, 2.45) is 0 Å². The highest BCUT2D eigenvalue weighted by Gasteiger charge is 2.23. The Labute approximate surface area is 165 Å². The van der Waals surface area contributed by atoms with Crippen molar-refractivity contribution in [1.29, 1.82) is 0 Å². The fourth-order valence-electron chi connectivity index (χ4n) is 3.49. The molecule has 0 radical (unpaired) electrons. The predicted molar refractivity (Wildman–Crippen MR) is 109 cm³/mol. The molecule has 0 saturated heterocycles. The first-order valence-electron chi connectivity index (χ1n) is 8.93. The number of para-hydroxylation sites is 1. The first-order chi connectivity index (χ1) is 13.1. The van der Waals surface area contributed by atoms with Gasteiger partial charge >= 0.3 is 5.97 Å². The number of thiophene rings is 1. The monoisotopic (exact) mass is 400 g/mol. The van der Waals surface area contributed by atoms with Crippen molar-refractivity contribution in [3.63, 3.8) is 0 Å². The van der Waals surface area contributed by atoms with Crippen LogP contribution in [0.15, 0.2) is 34.2 Å². The van der Waals surface area contributed by atoms with Crippen LogP contribution < -0.4 is 5.56 Å². The fourth-order valence-corrected chi connectivity index (χ4v) is 5.63. The van der Waals surface area contributed by atoms with Crippen LogP contribution in [0.3, 0.4) is 0 Å². The molecule has 1 aliphatic carbocycles. The molecule has 140 valence electrons. The Morgan fingerprint density at radius 2 is 2.07 bits per heavy atom. The number of aryl methyl sites for hydroxylation is 3. The molecule has 0 N–H and O–H groups in total. The number of thioether (sulfide) groups is 1. The van der Waals surface area contributed by atoms with Crippen LogP contribution in [0.5, 0.6) is 0 Å². The lowest BCUT2D eigenvalue weighted by Gasteiger charge is -2.15. The molecule has 0 aliphatic heterocycles. The van der Waals surface area contributed by atoms with Crippen molar-refractivity contribution in [3.8, 4) is 5.69 Å². The number of benzene rings is 1. The van der Waals surface area contributed by atoms with Gasteiger partial charge in [-0.15, -0.1) is 11.3 Å². The number of nitrogens with zero attached hydrogens (tertiary/aromatic N) is 2. The molecule has 0 saturated carbocycles. The number of methoxy groups -OCH3 is 1. The van der Waals surface area contributed by atoms with Gasteiger partial charge in [0.2, 0.25) is 0 Å². The molecule has 2 heterocycles. The molecule has 0 atom stereocenters. The Morgan fingerprint density at radius 3 is 2.85 bits per heavy atom. The number of esters is 1. The number of fused-ring (bicyclic) bond motifs is 3. The van der Waals surface area contributed by atoms with Gasteiger partial charge in [0.1, 0.15) is 4.83 Å². The smallest absolute Gasteiger partial charge is 0.316 e. The zero-order valence-electron chi connectivity index (χ0n) is 15.3. The van der Waals surface area contributed by atoms with Crippen LogP contribution in [0.25, 0.3) is 15.9 Å². The molecule has 7 heteroatoms. The van der Waals surface area contributed by atoms with E-state index in [9.17, 15) is 9.59 Å². The minimum absolute atomic E-state index is 0.0407. The Hall–Kier alpha value is -2.12.